The van der Waals surface area contributed by atoms with Gasteiger partial charge in [-0.1, -0.05) is 0 Å². The van der Waals surface area contributed by atoms with Crippen LogP contribution in [-0.2, 0) is 4.74 Å². The minimum absolute atomic E-state index is 0.0202. The SMILES string of the molecule is CCOc1nc(N2CC(N(C)C(=O)OC(C)(C)C)C2)ncc1C(=O)O. The van der Waals surface area contributed by atoms with Crippen molar-refractivity contribution < 1.29 is 24.2 Å². The molecule has 2 rings (SSSR count). The molecule has 0 atom stereocenters. The summed E-state index contributed by atoms with van der Waals surface area (Å²) in [4.78, 5) is 34.9. The summed E-state index contributed by atoms with van der Waals surface area (Å²) in [7, 11) is 1.69. The molecule has 0 bridgehead atoms. The van der Waals surface area contributed by atoms with Gasteiger partial charge in [-0.25, -0.2) is 14.6 Å². The number of nitrogens with zero attached hydrogens (tertiary/aromatic N) is 4. The molecule has 0 saturated carbocycles. The number of aromatic nitrogens is 2. The fraction of sp³-hybridized carbons (Fsp3) is 0.625. The van der Waals surface area contributed by atoms with Gasteiger partial charge < -0.3 is 24.4 Å². The molecule has 0 unspecified atom stereocenters. The van der Waals surface area contributed by atoms with Crippen molar-refractivity contribution in [2.24, 2.45) is 0 Å². The number of carbonyl (C=O) groups is 2. The zero-order valence-electron chi connectivity index (χ0n) is 15.1. The van der Waals surface area contributed by atoms with Gasteiger partial charge in [-0.3, -0.25) is 0 Å². The molecule has 1 aromatic rings. The first-order chi connectivity index (χ1) is 11.6. The number of rotatable bonds is 5. The predicted octanol–water partition coefficient (Wildman–Crippen LogP) is 1.63. The molecule has 0 aromatic carbocycles. The molecule has 2 heterocycles. The first-order valence-corrected chi connectivity index (χ1v) is 8.06. The van der Waals surface area contributed by atoms with E-state index in [2.05, 4.69) is 9.97 Å². The number of likely N-dealkylation sites (N-methyl/N-ethyl adjacent to an activating group) is 1. The Morgan fingerprint density at radius 1 is 1.40 bits per heavy atom. The highest BCUT2D eigenvalue weighted by molar-refractivity contribution is 5.89. The van der Waals surface area contributed by atoms with Crippen LogP contribution in [-0.4, -0.2) is 70.4 Å². The predicted molar refractivity (Wildman–Crippen MR) is 90.2 cm³/mol. The van der Waals surface area contributed by atoms with Gasteiger partial charge in [0.25, 0.3) is 0 Å². The fourth-order valence-electron chi connectivity index (χ4n) is 2.25. The van der Waals surface area contributed by atoms with E-state index in [1.165, 1.54) is 6.20 Å². The normalized spacial score (nSPS) is 14.7. The molecule has 0 aliphatic carbocycles. The standard InChI is InChI=1S/C16H24N4O5/c1-6-24-12-11(13(21)22)7-17-14(18-12)20-8-10(9-20)19(5)15(23)25-16(2,3)4/h7,10H,6,8-9H2,1-5H3,(H,21,22). The van der Waals surface area contributed by atoms with E-state index >= 15 is 0 Å². The minimum atomic E-state index is -1.14. The summed E-state index contributed by atoms with van der Waals surface area (Å²) in [6.45, 7) is 8.59. The molecule has 138 valence electrons. The third-order valence-electron chi connectivity index (χ3n) is 3.63. The Kier molecular flexibility index (Phi) is 5.34. The van der Waals surface area contributed by atoms with E-state index in [0.717, 1.165) is 0 Å². The number of aromatic carboxylic acids is 1. The van der Waals surface area contributed by atoms with Crippen LogP contribution in [0.5, 0.6) is 5.88 Å². The van der Waals surface area contributed by atoms with Gasteiger partial charge in [0.1, 0.15) is 11.2 Å². The second-order valence-corrected chi connectivity index (χ2v) is 6.78. The van der Waals surface area contributed by atoms with Crippen molar-refractivity contribution in [3.8, 4) is 5.88 Å². The van der Waals surface area contributed by atoms with Crippen LogP contribution in [0, 0.1) is 0 Å². The van der Waals surface area contributed by atoms with E-state index in [1.807, 2.05) is 25.7 Å². The lowest BCUT2D eigenvalue weighted by Crippen LogP contribution is -2.60. The summed E-state index contributed by atoms with van der Waals surface area (Å²) in [5.41, 5.74) is -0.620. The number of hydrogen-bond donors (Lipinski definition) is 1. The Bertz CT molecular complexity index is 652. The van der Waals surface area contributed by atoms with Crippen LogP contribution in [0.3, 0.4) is 0 Å². The summed E-state index contributed by atoms with van der Waals surface area (Å²) in [5, 5.41) is 9.13. The smallest absolute Gasteiger partial charge is 0.410 e. The summed E-state index contributed by atoms with van der Waals surface area (Å²) < 4.78 is 10.6. The van der Waals surface area contributed by atoms with Crippen molar-refractivity contribution in [1.29, 1.82) is 0 Å². The zero-order valence-corrected chi connectivity index (χ0v) is 15.1. The van der Waals surface area contributed by atoms with Crippen molar-refractivity contribution in [3.63, 3.8) is 0 Å². The highest BCUT2D eigenvalue weighted by Crippen LogP contribution is 2.24. The van der Waals surface area contributed by atoms with Crippen molar-refractivity contribution in [1.82, 2.24) is 14.9 Å². The lowest BCUT2D eigenvalue weighted by molar-refractivity contribution is 0.0195. The van der Waals surface area contributed by atoms with Crippen LogP contribution in [0.15, 0.2) is 6.20 Å². The van der Waals surface area contributed by atoms with E-state index in [4.69, 9.17) is 14.6 Å². The van der Waals surface area contributed by atoms with Crippen LogP contribution in [0.2, 0.25) is 0 Å². The molecule has 1 N–H and O–H groups in total. The van der Waals surface area contributed by atoms with Crippen molar-refractivity contribution in [2.45, 2.75) is 39.3 Å². The Hall–Kier alpha value is -2.58. The van der Waals surface area contributed by atoms with E-state index in [9.17, 15) is 9.59 Å². The first-order valence-electron chi connectivity index (χ1n) is 8.06. The maximum atomic E-state index is 12.1. The number of ether oxygens (including phenoxy) is 2. The average Bonchev–Trinajstić information content (AvgIpc) is 2.44. The molecule has 9 heteroatoms. The van der Waals surface area contributed by atoms with Crippen molar-refractivity contribution in [2.75, 3.05) is 31.6 Å². The molecule has 9 nitrogen and oxygen atoms in total. The largest absolute Gasteiger partial charge is 0.477 e. The minimum Gasteiger partial charge on any atom is -0.477 e. The maximum absolute atomic E-state index is 12.1. The summed E-state index contributed by atoms with van der Waals surface area (Å²) >= 11 is 0. The second kappa shape index (κ2) is 7.12. The summed E-state index contributed by atoms with van der Waals surface area (Å²) in [5.74, 6) is -0.715. The number of hydrogen-bond acceptors (Lipinski definition) is 7. The number of carbonyl (C=O) groups excluding carboxylic acids is 1. The molecule has 1 aromatic heterocycles. The van der Waals surface area contributed by atoms with Gasteiger partial charge in [0, 0.05) is 20.1 Å². The topological polar surface area (TPSA) is 105 Å². The molecule has 1 fully saturated rings. The molecule has 1 aliphatic rings. The number of carboxylic acids is 1. The summed E-state index contributed by atoms with van der Waals surface area (Å²) in [6, 6.07) is -0.0202. The van der Waals surface area contributed by atoms with Gasteiger partial charge >= 0.3 is 12.1 Å². The monoisotopic (exact) mass is 352 g/mol. The zero-order chi connectivity index (χ0) is 18.8. The second-order valence-electron chi connectivity index (χ2n) is 6.78. The van der Waals surface area contributed by atoms with E-state index in [-0.39, 0.29) is 23.6 Å². The Labute approximate surface area is 146 Å². The Morgan fingerprint density at radius 2 is 2.04 bits per heavy atom. The number of carboxylic acid groups (broad SMARTS) is 1. The molecule has 0 radical (unpaired) electrons. The molecular weight excluding hydrogens is 328 g/mol. The molecule has 1 aliphatic heterocycles. The van der Waals surface area contributed by atoms with Gasteiger partial charge in [0.2, 0.25) is 11.8 Å². The maximum Gasteiger partial charge on any atom is 0.410 e. The molecule has 1 saturated heterocycles. The Morgan fingerprint density at radius 3 is 2.56 bits per heavy atom. The third-order valence-corrected chi connectivity index (χ3v) is 3.63. The van der Waals surface area contributed by atoms with Gasteiger partial charge in [-0.15, -0.1) is 0 Å². The first kappa shape index (κ1) is 18.8. The highest BCUT2D eigenvalue weighted by Gasteiger charge is 2.36. The molecule has 0 spiro atoms. The summed E-state index contributed by atoms with van der Waals surface area (Å²) in [6.07, 6.45) is 0.856. The van der Waals surface area contributed by atoms with Gasteiger partial charge in [-0.2, -0.15) is 4.98 Å². The van der Waals surface area contributed by atoms with Gasteiger partial charge in [-0.05, 0) is 27.7 Å². The molecule has 1 amide bonds. The van der Waals surface area contributed by atoms with Gasteiger partial charge in [0.05, 0.1) is 18.8 Å². The van der Waals surface area contributed by atoms with Crippen LogP contribution in [0.25, 0.3) is 0 Å². The van der Waals surface area contributed by atoms with Crippen LogP contribution in [0.4, 0.5) is 10.7 Å². The molecule has 25 heavy (non-hydrogen) atoms. The van der Waals surface area contributed by atoms with E-state index in [1.54, 1.807) is 18.9 Å². The quantitative estimate of drug-likeness (QED) is 0.852. The van der Waals surface area contributed by atoms with Crippen molar-refractivity contribution in [3.05, 3.63) is 11.8 Å². The average molecular weight is 352 g/mol. The van der Waals surface area contributed by atoms with Gasteiger partial charge in [0.15, 0.2) is 0 Å². The van der Waals surface area contributed by atoms with Crippen LogP contribution < -0.4 is 9.64 Å². The lowest BCUT2D eigenvalue weighted by atomic mass is 10.1. The van der Waals surface area contributed by atoms with E-state index < -0.39 is 11.6 Å². The van der Waals surface area contributed by atoms with Crippen LogP contribution in [0.1, 0.15) is 38.1 Å². The Balaban J connectivity index is 2.01. The van der Waals surface area contributed by atoms with Crippen molar-refractivity contribution >= 4 is 18.0 Å². The fourth-order valence-corrected chi connectivity index (χ4v) is 2.25. The number of anilines is 1. The van der Waals surface area contributed by atoms with Crippen LogP contribution >= 0.6 is 0 Å². The lowest BCUT2D eigenvalue weighted by Gasteiger charge is -2.43. The third kappa shape index (κ3) is 4.49. The number of amides is 1. The van der Waals surface area contributed by atoms with E-state index in [0.29, 0.717) is 25.6 Å². The highest BCUT2D eigenvalue weighted by atomic mass is 16.6. The molecular formula is C16H24N4O5.